The van der Waals surface area contributed by atoms with E-state index in [-0.39, 0.29) is 12.4 Å². The van der Waals surface area contributed by atoms with Crippen molar-refractivity contribution in [1.29, 1.82) is 0 Å². The highest BCUT2D eigenvalue weighted by atomic mass is 19.1. The van der Waals surface area contributed by atoms with Crippen LogP contribution in [0.4, 0.5) is 15.8 Å². The van der Waals surface area contributed by atoms with Gasteiger partial charge in [0.1, 0.15) is 12.4 Å². The number of hydrogen-bond donors (Lipinski definition) is 2. The third kappa shape index (κ3) is 2.08. The van der Waals surface area contributed by atoms with Gasteiger partial charge in [0.2, 0.25) is 0 Å². The summed E-state index contributed by atoms with van der Waals surface area (Å²) in [4.78, 5) is 12.3. The Morgan fingerprint density at radius 2 is 2.38 bits per heavy atom. The number of para-hydroxylation sites is 1. The minimum atomic E-state index is -0.948. The number of nitrogens with one attached hydrogen (secondary N) is 1. The molecule has 0 amide bonds. The fourth-order valence-electron chi connectivity index (χ4n) is 1.91. The summed E-state index contributed by atoms with van der Waals surface area (Å²) in [5.41, 5.74) is 1.03. The van der Waals surface area contributed by atoms with Gasteiger partial charge in [-0.3, -0.25) is 4.79 Å². The van der Waals surface area contributed by atoms with Crippen LogP contribution in [-0.4, -0.2) is 30.7 Å². The van der Waals surface area contributed by atoms with Crippen molar-refractivity contribution in [1.82, 2.24) is 0 Å². The second kappa shape index (κ2) is 4.38. The third-order valence-corrected chi connectivity index (χ3v) is 2.55. The summed E-state index contributed by atoms with van der Waals surface area (Å²) in [5.74, 6) is -1.33. The normalized spacial score (nSPS) is 14.9. The first-order valence-electron chi connectivity index (χ1n) is 5.17. The zero-order chi connectivity index (χ0) is 11.5. The lowest BCUT2D eigenvalue weighted by molar-refractivity contribution is -0.135. The summed E-state index contributed by atoms with van der Waals surface area (Å²) in [7, 11) is 0. The van der Waals surface area contributed by atoms with Gasteiger partial charge >= 0.3 is 5.97 Å². The Morgan fingerprint density at radius 1 is 1.56 bits per heavy atom. The number of anilines is 2. The number of carbonyl (C=O) groups is 1. The predicted octanol–water partition coefficient (Wildman–Crippen LogP) is 1.53. The lowest BCUT2D eigenvalue weighted by Gasteiger charge is -2.22. The van der Waals surface area contributed by atoms with Gasteiger partial charge in [0.15, 0.2) is 0 Å². The highest BCUT2D eigenvalue weighted by Gasteiger charge is 2.20. The van der Waals surface area contributed by atoms with E-state index in [0.29, 0.717) is 17.9 Å². The van der Waals surface area contributed by atoms with Crippen molar-refractivity contribution >= 4 is 17.3 Å². The average Bonchev–Trinajstić information content (AvgIpc) is 2.41. The summed E-state index contributed by atoms with van der Waals surface area (Å²) in [6.07, 6.45) is 0.793. The quantitative estimate of drug-likeness (QED) is 0.800. The van der Waals surface area contributed by atoms with E-state index >= 15 is 0 Å². The van der Waals surface area contributed by atoms with Gasteiger partial charge in [0.25, 0.3) is 0 Å². The summed E-state index contributed by atoms with van der Waals surface area (Å²) in [6, 6.07) is 4.73. The van der Waals surface area contributed by atoms with Gasteiger partial charge in [-0.15, -0.1) is 0 Å². The van der Waals surface area contributed by atoms with Crippen molar-refractivity contribution in [2.24, 2.45) is 0 Å². The first-order chi connectivity index (χ1) is 7.68. The molecule has 0 spiro atoms. The summed E-state index contributed by atoms with van der Waals surface area (Å²) < 4.78 is 13.7. The summed E-state index contributed by atoms with van der Waals surface area (Å²) >= 11 is 0. The minimum Gasteiger partial charge on any atom is -0.480 e. The van der Waals surface area contributed by atoms with Crippen LogP contribution in [0.25, 0.3) is 0 Å². The van der Waals surface area contributed by atoms with E-state index in [2.05, 4.69) is 5.32 Å². The Morgan fingerprint density at radius 3 is 3.12 bits per heavy atom. The molecule has 0 saturated carbocycles. The van der Waals surface area contributed by atoms with Crippen molar-refractivity contribution in [3.8, 4) is 0 Å². The van der Waals surface area contributed by atoms with Crippen molar-refractivity contribution in [2.75, 3.05) is 29.9 Å². The number of aliphatic carboxylic acids is 1. The van der Waals surface area contributed by atoms with Gasteiger partial charge in [0, 0.05) is 13.1 Å². The maximum absolute atomic E-state index is 13.7. The molecule has 0 aliphatic carbocycles. The van der Waals surface area contributed by atoms with Crippen LogP contribution in [0.15, 0.2) is 18.2 Å². The largest absolute Gasteiger partial charge is 0.480 e. The molecule has 16 heavy (non-hydrogen) atoms. The van der Waals surface area contributed by atoms with Gasteiger partial charge in [-0.1, -0.05) is 6.07 Å². The number of carboxylic acid groups (broad SMARTS) is 1. The number of halogens is 1. The van der Waals surface area contributed by atoms with E-state index in [1.165, 1.54) is 6.07 Å². The van der Waals surface area contributed by atoms with Crippen molar-refractivity contribution in [3.63, 3.8) is 0 Å². The Hall–Kier alpha value is -1.78. The fourth-order valence-corrected chi connectivity index (χ4v) is 1.91. The molecular formula is C11H13FN2O2. The second-order valence-electron chi connectivity index (χ2n) is 3.73. The number of fused-ring (bicyclic) bond motifs is 1. The van der Waals surface area contributed by atoms with Crippen LogP contribution in [0.5, 0.6) is 0 Å². The molecule has 0 aromatic heterocycles. The lowest BCUT2D eigenvalue weighted by atomic mass is 10.2. The molecule has 1 aromatic carbocycles. The number of nitrogens with zero attached hydrogens (tertiary/aromatic N) is 1. The van der Waals surface area contributed by atoms with Gasteiger partial charge in [-0.2, -0.15) is 0 Å². The first kappa shape index (κ1) is 10.7. The molecule has 86 valence electrons. The standard InChI is InChI=1S/C11H13FN2O2/c12-8-3-1-4-9-11(8)14(7-10(15)16)6-2-5-13-9/h1,3-4,13H,2,5-7H2,(H,15,16). The van der Waals surface area contributed by atoms with Gasteiger partial charge in [-0.25, -0.2) is 4.39 Å². The Labute approximate surface area is 92.7 Å². The smallest absolute Gasteiger partial charge is 0.323 e. The van der Waals surface area contributed by atoms with Crippen LogP contribution in [-0.2, 0) is 4.79 Å². The van der Waals surface area contributed by atoms with E-state index in [1.54, 1.807) is 17.0 Å². The van der Waals surface area contributed by atoms with Crippen LogP contribution >= 0.6 is 0 Å². The molecular weight excluding hydrogens is 211 g/mol. The number of benzene rings is 1. The van der Waals surface area contributed by atoms with Gasteiger partial charge < -0.3 is 15.3 Å². The van der Waals surface area contributed by atoms with Gasteiger partial charge in [-0.05, 0) is 18.6 Å². The third-order valence-electron chi connectivity index (χ3n) is 2.55. The van der Waals surface area contributed by atoms with Crippen molar-refractivity contribution in [3.05, 3.63) is 24.0 Å². The summed E-state index contributed by atoms with van der Waals surface area (Å²) in [6.45, 7) is 1.11. The van der Waals surface area contributed by atoms with E-state index in [9.17, 15) is 9.18 Å². The molecule has 0 fully saturated rings. The molecule has 5 heteroatoms. The molecule has 0 saturated heterocycles. The van der Waals surface area contributed by atoms with E-state index < -0.39 is 5.97 Å². The second-order valence-corrected chi connectivity index (χ2v) is 3.73. The van der Waals surface area contributed by atoms with Crippen LogP contribution in [0.2, 0.25) is 0 Å². The Bertz CT molecular complexity index is 409. The molecule has 1 aliphatic heterocycles. The molecule has 1 aliphatic rings. The molecule has 0 atom stereocenters. The number of carboxylic acids is 1. The zero-order valence-electron chi connectivity index (χ0n) is 8.74. The van der Waals surface area contributed by atoms with Crippen LogP contribution in [0.1, 0.15) is 6.42 Å². The van der Waals surface area contributed by atoms with Crippen LogP contribution in [0, 0.1) is 5.82 Å². The molecule has 0 unspecified atom stereocenters. The highest BCUT2D eigenvalue weighted by Crippen LogP contribution is 2.30. The minimum absolute atomic E-state index is 0.171. The van der Waals surface area contributed by atoms with E-state index in [1.807, 2.05) is 0 Å². The van der Waals surface area contributed by atoms with Crippen LogP contribution < -0.4 is 10.2 Å². The monoisotopic (exact) mass is 224 g/mol. The van der Waals surface area contributed by atoms with Crippen LogP contribution in [0.3, 0.4) is 0 Å². The molecule has 2 N–H and O–H groups in total. The van der Waals surface area contributed by atoms with E-state index in [0.717, 1.165) is 13.0 Å². The molecule has 1 heterocycles. The Balaban J connectivity index is 2.38. The molecule has 0 radical (unpaired) electrons. The molecule has 0 bridgehead atoms. The summed E-state index contributed by atoms with van der Waals surface area (Å²) in [5, 5.41) is 11.9. The first-order valence-corrected chi connectivity index (χ1v) is 5.17. The fraction of sp³-hybridized carbons (Fsp3) is 0.364. The SMILES string of the molecule is O=C(O)CN1CCCNc2cccc(F)c21. The molecule has 2 rings (SSSR count). The topological polar surface area (TPSA) is 52.6 Å². The average molecular weight is 224 g/mol. The maximum atomic E-state index is 13.7. The van der Waals surface area contributed by atoms with Crippen molar-refractivity contribution in [2.45, 2.75) is 6.42 Å². The molecule has 1 aromatic rings. The number of hydrogen-bond acceptors (Lipinski definition) is 3. The van der Waals surface area contributed by atoms with Crippen molar-refractivity contribution < 1.29 is 14.3 Å². The lowest BCUT2D eigenvalue weighted by Crippen LogP contribution is -2.30. The predicted molar refractivity (Wildman–Crippen MR) is 59.4 cm³/mol. The van der Waals surface area contributed by atoms with Gasteiger partial charge in [0.05, 0.1) is 11.4 Å². The Kier molecular flexibility index (Phi) is 2.94. The molecule has 4 nitrogen and oxygen atoms in total. The highest BCUT2D eigenvalue weighted by molar-refractivity contribution is 5.79. The number of rotatable bonds is 2. The maximum Gasteiger partial charge on any atom is 0.323 e. The van der Waals surface area contributed by atoms with E-state index in [4.69, 9.17) is 5.11 Å². The zero-order valence-corrected chi connectivity index (χ0v) is 8.74.